The van der Waals surface area contributed by atoms with E-state index >= 15 is 0 Å². The molecule has 6 aliphatic rings. The number of aliphatic hydroxyl groups is 1. The number of imide groups is 6. The average Bonchev–Trinajstić information content (AvgIpc) is 1.75. The summed E-state index contributed by atoms with van der Waals surface area (Å²) in [7, 11) is -6.95. The third kappa shape index (κ3) is 32.9. The zero-order chi connectivity index (χ0) is 65.6. The Kier molecular flexibility index (Phi) is 41.3. The summed E-state index contributed by atoms with van der Waals surface area (Å²) in [4.78, 5) is 174. The van der Waals surface area contributed by atoms with Crippen molar-refractivity contribution in [3.05, 3.63) is 43.9 Å². The molecule has 6 unspecified atom stereocenters. The molecule has 0 saturated carbocycles. The second-order valence-electron chi connectivity index (χ2n) is 20.6. The summed E-state index contributed by atoms with van der Waals surface area (Å²) in [6.07, 6.45) is 18.2. The molecule has 3 saturated heterocycles. The standard InChI is InChI=1S/C18H29N2O7PS.C17H25N2O7PS.C10H8N2O4.C8H19O4PS2.CH3.U.H/c1-13-11-15(21)19(17(13)23)7-8-20-16(22)12-14(18(20)24)29-10-6-4-3-5-9-27-28(2,25)26;1-27(24,25)26-10-4-2-3-5-11-28-13-12-16(22)19(17(13)23)9-8-18-14(20)6-7-15(18)21;13-7-1-2-8(14)11(7)5-6-12-9(15)3-4-10(12)16;1-13(10,11)12-6-4-2-3-5-7-14-15-8-9;;;/h13-14H,3-12H2,1-2H3,(H,25,26);6-7,13H,2-5,8-12H2,1H3,(H,24,25);1-4H,5-6H2;9H,2-8H2,1H3,(H,10,11);1H3;;/q;;;;-1;;-1/i;;;;;;1+2. The van der Waals surface area contributed by atoms with Gasteiger partial charge in [-0.3, -0.25) is 101 Å². The van der Waals surface area contributed by atoms with Gasteiger partial charge in [0.15, 0.2) is 0 Å². The number of amides is 12. The predicted molar refractivity (Wildman–Crippen MR) is 338 cm³/mol. The van der Waals surface area contributed by atoms with Crippen molar-refractivity contribution in [1.29, 1.82) is 0 Å². The Morgan fingerprint density at radius 3 is 0.967 bits per heavy atom. The van der Waals surface area contributed by atoms with Crippen molar-refractivity contribution < 1.29 is 137 Å². The van der Waals surface area contributed by atoms with E-state index in [1.54, 1.807) is 17.7 Å². The number of thioether (sulfide) groups is 2. The van der Waals surface area contributed by atoms with Crippen LogP contribution in [0, 0.1) is 44.5 Å². The fraction of sp³-hybridized carbons (Fsp3) is 0.648. The van der Waals surface area contributed by atoms with Gasteiger partial charge in [0.25, 0.3) is 35.4 Å². The minimum absolute atomic E-state index is 0. The van der Waals surface area contributed by atoms with E-state index in [1.807, 2.05) is 0 Å². The number of hydrogen-bond donors (Lipinski definition) is 4. The molecule has 6 heterocycles. The van der Waals surface area contributed by atoms with E-state index in [1.165, 1.54) is 53.1 Å². The van der Waals surface area contributed by atoms with Crippen LogP contribution in [0.2, 0.25) is 0 Å². The summed E-state index contributed by atoms with van der Waals surface area (Å²) in [5.74, 6) is -1.74. The van der Waals surface area contributed by atoms with Crippen LogP contribution in [-0.2, 0) is 84.8 Å². The van der Waals surface area contributed by atoms with Crippen LogP contribution in [0.25, 0.3) is 0 Å². The number of carbonyl (C=O) groups is 12. The Hall–Kier alpha value is -3.08. The molecule has 0 radical (unpaired) electrons. The Morgan fingerprint density at radius 2 is 0.689 bits per heavy atom. The monoisotopic (exact) mass is 1630 g/mol. The molecule has 4 N–H and O–H groups in total. The maximum absolute atomic E-state index is 12.5. The minimum atomic E-state index is -3.40. The first-order valence-corrected chi connectivity index (χ1v) is 39.2. The van der Waals surface area contributed by atoms with Crippen molar-refractivity contribution in [1.82, 2.24) is 29.4 Å². The molecule has 508 valence electrons. The first-order chi connectivity index (χ1) is 41.4. The first-order valence-electron chi connectivity index (χ1n) is 28.5. The Morgan fingerprint density at radius 1 is 0.422 bits per heavy atom. The molecule has 0 spiro atoms. The molecule has 90 heavy (non-hydrogen) atoms. The fourth-order valence-corrected chi connectivity index (χ4v) is 13.9. The molecule has 12 amide bonds. The number of unbranched alkanes of at least 4 members (excludes halogenated alkanes) is 9. The molecule has 0 aromatic carbocycles. The number of aliphatic hydroxyl groups excluding tert-OH is 1. The summed E-state index contributed by atoms with van der Waals surface area (Å²) < 4.78 is 47.0. The van der Waals surface area contributed by atoms with Crippen LogP contribution in [-0.4, -0.2) is 233 Å². The van der Waals surface area contributed by atoms with Crippen molar-refractivity contribution in [2.24, 2.45) is 5.92 Å². The van der Waals surface area contributed by atoms with Crippen molar-refractivity contribution in [2.75, 3.05) is 102 Å². The van der Waals surface area contributed by atoms with Gasteiger partial charge in [-0.15, -0.1) is 23.5 Å². The first kappa shape index (κ1) is 84.9. The molecule has 28 nitrogen and oxygen atoms in total. The summed E-state index contributed by atoms with van der Waals surface area (Å²) in [6.45, 7) is 6.32. The molecule has 6 aliphatic heterocycles. The Balaban J connectivity index is 0.00000122. The topological polar surface area (TPSA) is 384 Å². The number of nitrogens with zero attached hydrogens (tertiary/aromatic N) is 6. The van der Waals surface area contributed by atoms with Gasteiger partial charge in [-0.25, -0.2) is 0 Å². The molecule has 0 aromatic heterocycles. The quantitative estimate of drug-likeness (QED) is 0.0160. The SMILES string of the molecule is CC1CC(=O)N(CCN2C(=O)CC(SCCCCCCOP(C)(=O)O)C2=O)C1=O.CP(=O)(O)OCCCCCCSC1CC(=O)N(CCN2C(=O)C=CC2=O)C1=O.CP(=O)(O)OCCCCCCSSCO.O=C1C=CC(=O)N1CCN1C(=O)C=CC1=O.[3H-].[CH3-].[U]. The van der Waals surface area contributed by atoms with E-state index in [-0.39, 0.29) is 159 Å². The molecule has 0 aromatic rings. The molecular weight excluding hydrogens is 1540 g/mol. The summed E-state index contributed by atoms with van der Waals surface area (Å²) >= 11 is 2.89. The predicted octanol–water partition coefficient (Wildman–Crippen LogP) is 4.91. The molecule has 36 heteroatoms. The maximum Gasteiger partial charge on any atom is 0.325 e. The van der Waals surface area contributed by atoms with Gasteiger partial charge in [0.05, 0.1) is 36.3 Å². The number of hydrogen-bond acceptors (Lipinski definition) is 23. The van der Waals surface area contributed by atoms with Crippen LogP contribution in [0.5, 0.6) is 0 Å². The second-order valence-corrected chi connectivity index (χ2v) is 31.4. The van der Waals surface area contributed by atoms with Crippen molar-refractivity contribution in [3.8, 4) is 0 Å². The van der Waals surface area contributed by atoms with Gasteiger partial charge in [-0.05, 0) is 50.0 Å². The van der Waals surface area contributed by atoms with Gasteiger partial charge in [0.2, 0.25) is 35.4 Å². The van der Waals surface area contributed by atoms with E-state index in [4.69, 9.17) is 33.4 Å². The summed E-state index contributed by atoms with van der Waals surface area (Å²) in [6, 6.07) is 0. The van der Waals surface area contributed by atoms with E-state index in [0.717, 1.165) is 148 Å². The molecule has 6 atom stereocenters. The molecule has 0 bridgehead atoms. The van der Waals surface area contributed by atoms with Gasteiger partial charge in [-0.2, -0.15) is 0 Å². The summed E-state index contributed by atoms with van der Waals surface area (Å²) in [5, 5.41) is 7.67. The van der Waals surface area contributed by atoms with Gasteiger partial charge in [0.1, 0.15) is 0 Å². The zero-order valence-corrected chi connectivity index (χ0v) is 61.4. The Labute approximate surface area is 567 Å². The number of carbonyl (C=O) groups excluding carboxylic acids is 12. The number of rotatable bonds is 37. The van der Waals surface area contributed by atoms with E-state index in [9.17, 15) is 71.2 Å². The van der Waals surface area contributed by atoms with Crippen LogP contribution in [0.4, 0.5) is 0 Å². The van der Waals surface area contributed by atoms with Crippen LogP contribution in [0.15, 0.2) is 36.5 Å². The van der Waals surface area contributed by atoms with Crippen molar-refractivity contribution in [3.63, 3.8) is 0 Å². The van der Waals surface area contributed by atoms with Crippen molar-refractivity contribution >= 4 is 139 Å². The van der Waals surface area contributed by atoms with Crippen LogP contribution in [0.1, 0.15) is 105 Å². The van der Waals surface area contributed by atoms with Gasteiger partial charge < -0.3 is 42.2 Å². The van der Waals surface area contributed by atoms with E-state index in [2.05, 4.69) is 0 Å². The van der Waals surface area contributed by atoms with Crippen LogP contribution < -0.4 is 0 Å². The third-order valence-electron chi connectivity index (χ3n) is 13.2. The third-order valence-corrected chi connectivity index (χ3v) is 19.8. The maximum atomic E-state index is 12.5. The van der Waals surface area contributed by atoms with Gasteiger partial charge in [-0.1, -0.05) is 67.0 Å². The van der Waals surface area contributed by atoms with Gasteiger partial charge in [0, 0.05) is 158 Å². The van der Waals surface area contributed by atoms with Crippen LogP contribution >= 0.6 is 67.9 Å². The van der Waals surface area contributed by atoms with Crippen LogP contribution in [0.3, 0.4) is 0 Å². The van der Waals surface area contributed by atoms with Crippen molar-refractivity contribution in [2.45, 2.75) is 114 Å². The normalized spacial score (nSPS) is 20.7. The molecule has 6 rings (SSSR count). The van der Waals surface area contributed by atoms with E-state index < -0.39 is 68.7 Å². The number of likely N-dealkylation sites (tertiary alicyclic amines) is 3. The largest absolute Gasteiger partial charge is 1.00 e. The molecular formula is C54H85N6O22P3S4U-2. The summed E-state index contributed by atoms with van der Waals surface area (Å²) in [5.41, 5.74) is 0. The Bertz CT molecular complexity index is 2640. The fourth-order valence-electron chi connectivity index (χ4n) is 8.65. The molecule has 0 aliphatic carbocycles. The minimum Gasteiger partial charge on any atom is -1.00 e. The molecule has 3 fully saturated rings. The zero-order valence-electron chi connectivity index (χ0n) is 52.3. The smallest absolute Gasteiger partial charge is 0.325 e. The second kappa shape index (κ2) is 43.8. The average molecular weight is 1630 g/mol. The van der Waals surface area contributed by atoms with Gasteiger partial charge >= 0.3 is 22.8 Å². The van der Waals surface area contributed by atoms with E-state index in [0.29, 0.717) is 19.4 Å².